The zero-order valence-electron chi connectivity index (χ0n) is 12.8. The average molecular weight is 301 g/mol. The van der Waals surface area contributed by atoms with Crippen LogP contribution in [-0.2, 0) is 0 Å². The first kappa shape index (κ1) is 14.4. The Balaban J connectivity index is 2.37. The molecule has 0 saturated heterocycles. The fraction of sp³-hybridized carbons (Fsp3) is 0.312. The van der Waals surface area contributed by atoms with Crippen LogP contribution in [0.4, 0.5) is 10.2 Å². The van der Waals surface area contributed by atoms with Gasteiger partial charge >= 0.3 is 0 Å². The van der Waals surface area contributed by atoms with E-state index in [1.165, 1.54) is 19.2 Å². The van der Waals surface area contributed by atoms with Gasteiger partial charge in [-0.3, -0.25) is 14.5 Å². The SMILES string of the molecule is CN1C(=O)c2nc(NC(C)(C)C)c3ccc(F)cc3c2C1=O. The van der Waals surface area contributed by atoms with Crippen LogP contribution in [0.3, 0.4) is 0 Å². The molecule has 114 valence electrons. The third-order valence-electron chi connectivity index (χ3n) is 3.49. The third kappa shape index (κ3) is 2.11. The van der Waals surface area contributed by atoms with E-state index in [0.717, 1.165) is 4.90 Å². The molecular formula is C16H16FN3O2. The topological polar surface area (TPSA) is 62.3 Å². The highest BCUT2D eigenvalue weighted by Gasteiger charge is 2.37. The van der Waals surface area contributed by atoms with Crippen molar-refractivity contribution in [2.75, 3.05) is 12.4 Å². The van der Waals surface area contributed by atoms with Crippen molar-refractivity contribution < 1.29 is 14.0 Å². The van der Waals surface area contributed by atoms with Crippen LogP contribution in [0, 0.1) is 5.82 Å². The lowest BCUT2D eigenvalue weighted by atomic mass is 10.0. The standard InChI is InChI=1S/C16H16FN3O2/c1-16(2,3)19-13-9-6-5-8(17)7-10(9)11-12(18-13)15(22)20(4)14(11)21/h5-7H,1-4H3,(H,18,19). The molecule has 1 aromatic heterocycles. The van der Waals surface area contributed by atoms with E-state index >= 15 is 0 Å². The maximum Gasteiger partial charge on any atom is 0.280 e. The molecule has 2 heterocycles. The van der Waals surface area contributed by atoms with Crippen molar-refractivity contribution in [1.82, 2.24) is 9.88 Å². The Morgan fingerprint density at radius 3 is 2.45 bits per heavy atom. The minimum Gasteiger partial charge on any atom is -0.365 e. The number of anilines is 1. The number of imide groups is 1. The van der Waals surface area contributed by atoms with Gasteiger partial charge in [0.1, 0.15) is 17.3 Å². The lowest BCUT2D eigenvalue weighted by molar-refractivity contribution is 0.0692. The van der Waals surface area contributed by atoms with Crippen molar-refractivity contribution in [2.45, 2.75) is 26.3 Å². The molecule has 0 fully saturated rings. The highest BCUT2D eigenvalue weighted by molar-refractivity contribution is 6.26. The van der Waals surface area contributed by atoms with Gasteiger partial charge in [-0.25, -0.2) is 9.37 Å². The van der Waals surface area contributed by atoms with Crippen LogP contribution in [0.15, 0.2) is 18.2 Å². The second kappa shape index (κ2) is 4.50. The number of hydrogen-bond donors (Lipinski definition) is 1. The summed E-state index contributed by atoms with van der Waals surface area (Å²) in [6, 6.07) is 4.16. The van der Waals surface area contributed by atoms with E-state index in [-0.39, 0.29) is 16.8 Å². The summed E-state index contributed by atoms with van der Waals surface area (Å²) < 4.78 is 13.6. The summed E-state index contributed by atoms with van der Waals surface area (Å²) in [6.07, 6.45) is 0. The Morgan fingerprint density at radius 1 is 1.14 bits per heavy atom. The molecule has 5 nitrogen and oxygen atoms in total. The molecule has 0 unspecified atom stereocenters. The smallest absolute Gasteiger partial charge is 0.280 e. The Morgan fingerprint density at radius 2 is 1.82 bits per heavy atom. The van der Waals surface area contributed by atoms with E-state index in [0.29, 0.717) is 16.6 Å². The van der Waals surface area contributed by atoms with E-state index < -0.39 is 17.6 Å². The molecule has 1 N–H and O–H groups in total. The van der Waals surface area contributed by atoms with Gasteiger partial charge in [-0.2, -0.15) is 0 Å². The lowest BCUT2D eigenvalue weighted by Crippen LogP contribution is -2.27. The number of aromatic nitrogens is 1. The fourth-order valence-corrected chi connectivity index (χ4v) is 2.53. The first-order chi connectivity index (χ1) is 10.2. The van der Waals surface area contributed by atoms with Gasteiger partial charge in [-0.15, -0.1) is 0 Å². The molecule has 1 aromatic carbocycles. The van der Waals surface area contributed by atoms with Crippen LogP contribution >= 0.6 is 0 Å². The predicted molar refractivity (Wildman–Crippen MR) is 81.5 cm³/mol. The highest BCUT2D eigenvalue weighted by atomic mass is 19.1. The average Bonchev–Trinajstić information content (AvgIpc) is 2.62. The molecule has 0 atom stereocenters. The molecule has 0 bridgehead atoms. The molecule has 0 aliphatic carbocycles. The highest BCUT2D eigenvalue weighted by Crippen LogP contribution is 2.33. The molecular weight excluding hydrogens is 285 g/mol. The predicted octanol–water partition coefficient (Wildman–Crippen LogP) is 2.81. The van der Waals surface area contributed by atoms with Crippen molar-refractivity contribution in [3.05, 3.63) is 35.3 Å². The number of carbonyl (C=O) groups is 2. The van der Waals surface area contributed by atoms with Crippen LogP contribution in [-0.4, -0.2) is 34.3 Å². The zero-order chi connectivity index (χ0) is 16.2. The number of pyridine rings is 1. The second-order valence-electron chi connectivity index (χ2n) is 6.42. The summed E-state index contributed by atoms with van der Waals surface area (Å²) in [7, 11) is 1.40. The Hall–Kier alpha value is -2.50. The van der Waals surface area contributed by atoms with E-state index in [4.69, 9.17) is 0 Å². The first-order valence-corrected chi connectivity index (χ1v) is 6.93. The molecule has 2 amide bonds. The molecule has 3 rings (SSSR count). The number of amides is 2. The number of hydrogen-bond acceptors (Lipinski definition) is 4. The van der Waals surface area contributed by atoms with E-state index in [2.05, 4.69) is 10.3 Å². The molecule has 0 radical (unpaired) electrons. The van der Waals surface area contributed by atoms with E-state index in [1.54, 1.807) is 6.07 Å². The first-order valence-electron chi connectivity index (χ1n) is 6.93. The van der Waals surface area contributed by atoms with Gasteiger partial charge in [0.25, 0.3) is 11.8 Å². The van der Waals surface area contributed by atoms with Gasteiger partial charge in [0.05, 0.1) is 5.56 Å². The number of carbonyl (C=O) groups excluding carboxylic acids is 2. The Kier molecular flexibility index (Phi) is 2.95. The van der Waals surface area contributed by atoms with Crippen molar-refractivity contribution in [3.8, 4) is 0 Å². The number of halogens is 1. The summed E-state index contributed by atoms with van der Waals surface area (Å²) >= 11 is 0. The van der Waals surface area contributed by atoms with Crippen LogP contribution < -0.4 is 5.32 Å². The van der Waals surface area contributed by atoms with Gasteiger partial charge in [0.15, 0.2) is 0 Å². The van der Waals surface area contributed by atoms with Gasteiger partial charge in [0, 0.05) is 23.4 Å². The second-order valence-corrected chi connectivity index (χ2v) is 6.42. The maximum atomic E-state index is 13.6. The number of nitrogens with one attached hydrogen (secondary N) is 1. The van der Waals surface area contributed by atoms with Gasteiger partial charge < -0.3 is 5.32 Å². The summed E-state index contributed by atoms with van der Waals surface area (Å²) in [4.78, 5) is 29.8. The Bertz CT molecular complexity index is 824. The van der Waals surface area contributed by atoms with Crippen molar-refractivity contribution in [2.24, 2.45) is 0 Å². The number of benzene rings is 1. The van der Waals surface area contributed by atoms with Crippen molar-refractivity contribution >= 4 is 28.4 Å². The van der Waals surface area contributed by atoms with Gasteiger partial charge in [0.2, 0.25) is 0 Å². The van der Waals surface area contributed by atoms with Gasteiger partial charge in [-0.05, 0) is 39.0 Å². The number of rotatable bonds is 1. The van der Waals surface area contributed by atoms with Crippen LogP contribution in [0.5, 0.6) is 0 Å². The van der Waals surface area contributed by atoms with Crippen LogP contribution in [0.1, 0.15) is 41.6 Å². The summed E-state index contributed by atoms with van der Waals surface area (Å²) in [5.41, 5.74) is -0.0565. The quantitative estimate of drug-likeness (QED) is 0.823. The van der Waals surface area contributed by atoms with E-state index in [1.807, 2.05) is 20.8 Å². The molecule has 2 aromatic rings. The molecule has 22 heavy (non-hydrogen) atoms. The minimum absolute atomic E-state index is 0.0670. The van der Waals surface area contributed by atoms with Gasteiger partial charge in [-0.1, -0.05) is 0 Å². The number of fused-ring (bicyclic) bond motifs is 3. The molecule has 0 saturated carbocycles. The number of nitrogens with zero attached hydrogens (tertiary/aromatic N) is 2. The van der Waals surface area contributed by atoms with Crippen molar-refractivity contribution in [1.29, 1.82) is 0 Å². The molecule has 6 heteroatoms. The molecule has 0 spiro atoms. The molecule has 1 aliphatic rings. The lowest BCUT2D eigenvalue weighted by Gasteiger charge is -2.23. The summed E-state index contributed by atoms with van der Waals surface area (Å²) in [5.74, 6) is -0.913. The summed E-state index contributed by atoms with van der Waals surface area (Å²) in [6.45, 7) is 5.86. The third-order valence-corrected chi connectivity index (χ3v) is 3.49. The minimum atomic E-state index is -0.469. The van der Waals surface area contributed by atoms with Crippen molar-refractivity contribution in [3.63, 3.8) is 0 Å². The largest absolute Gasteiger partial charge is 0.365 e. The molecule has 1 aliphatic heterocycles. The maximum absolute atomic E-state index is 13.6. The normalized spacial score (nSPS) is 14.7. The Labute approximate surface area is 127 Å². The summed E-state index contributed by atoms with van der Waals surface area (Å²) in [5, 5.41) is 4.23. The van der Waals surface area contributed by atoms with Crippen LogP contribution in [0.2, 0.25) is 0 Å². The van der Waals surface area contributed by atoms with E-state index in [9.17, 15) is 14.0 Å². The fourth-order valence-electron chi connectivity index (χ4n) is 2.53. The monoisotopic (exact) mass is 301 g/mol. The van der Waals surface area contributed by atoms with Crippen LogP contribution in [0.25, 0.3) is 10.8 Å². The zero-order valence-corrected chi connectivity index (χ0v) is 12.8.